The van der Waals surface area contributed by atoms with Crippen molar-refractivity contribution in [2.45, 2.75) is 39.2 Å². The molecule has 0 saturated carbocycles. The summed E-state index contributed by atoms with van der Waals surface area (Å²) in [5.74, 6) is 1.45. The number of benzene rings is 2. The third-order valence-electron chi connectivity index (χ3n) is 4.34. The van der Waals surface area contributed by atoms with Crippen LogP contribution in [0.15, 0.2) is 54.7 Å². The van der Waals surface area contributed by atoms with Crippen molar-refractivity contribution in [1.29, 1.82) is 0 Å². The summed E-state index contributed by atoms with van der Waals surface area (Å²) in [7, 11) is 0. The number of unbranched alkanes of at least 4 members (excludes halogenated alkanes) is 1. The number of halogens is 1. The molecule has 1 aromatic heterocycles. The lowest BCUT2D eigenvalue weighted by Gasteiger charge is -2.09. The van der Waals surface area contributed by atoms with Gasteiger partial charge in [0.15, 0.2) is 0 Å². The molecule has 3 heteroatoms. The minimum Gasteiger partial charge on any atom is -0.494 e. The van der Waals surface area contributed by atoms with Crippen LogP contribution in [0.3, 0.4) is 0 Å². The minimum atomic E-state index is 0.572. The fraction of sp³-hybridized carbons (Fsp3) is 0.333. The number of aromatic nitrogens is 1. The third-order valence-corrected chi connectivity index (χ3v) is 4.59. The molecule has 0 spiro atoms. The van der Waals surface area contributed by atoms with Crippen LogP contribution in [0.4, 0.5) is 0 Å². The second-order valence-corrected chi connectivity index (χ2v) is 6.93. The number of hydrogen-bond donors (Lipinski definition) is 0. The Hall–Kier alpha value is -1.93. The quantitative estimate of drug-likeness (QED) is 0.461. The highest BCUT2D eigenvalue weighted by molar-refractivity contribution is 6.30. The van der Waals surface area contributed by atoms with Gasteiger partial charge in [0.2, 0.25) is 0 Å². The molecule has 0 aliphatic heterocycles. The first-order valence-electron chi connectivity index (χ1n) is 8.60. The summed E-state index contributed by atoms with van der Waals surface area (Å²) in [6.45, 7) is 6.23. The molecule has 2 nitrogen and oxygen atoms in total. The molecule has 0 N–H and O–H groups in total. The van der Waals surface area contributed by atoms with Gasteiger partial charge in [0, 0.05) is 23.3 Å². The second-order valence-electron chi connectivity index (χ2n) is 6.49. The molecule has 0 aliphatic rings. The smallest absolute Gasteiger partial charge is 0.119 e. The maximum absolute atomic E-state index is 5.87. The lowest BCUT2D eigenvalue weighted by molar-refractivity contribution is 0.303. The molecule has 0 radical (unpaired) electrons. The predicted octanol–water partition coefficient (Wildman–Crippen LogP) is 6.28. The number of rotatable bonds is 7. The summed E-state index contributed by atoms with van der Waals surface area (Å²) >= 11 is 5.87. The van der Waals surface area contributed by atoms with Crippen molar-refractivity contribution in [2.24, 2.45) is 0 Å². The molecule has 24 heavy (non-hydrogen) atoms. The van der Waals surface area contributed by atoms with E-state index in [4.69, 9.17) is 16.3 Å². The standard InChI is InChI=1S/C21H24ClNO/c1-16(2)17-5-10-21-18(15-17)11-13-23(21)12-3-4-14-24-20-8-6-19(22)7-9-20/h5-11,13,15-16H,3-4,12,14H2,1-2H3. The predicted molar refractivity (Wildman–Crippen MR) is 102 cm³/mol. The van der Waals surface area contributed by atoms with E-state index < -0.39 is 0 Å². The Labute approximate surface area is 149 Å². The Bertz CT molecular complexity index is 789. The molecule has 1 heterocycles. The zero-order valence-corrected chi connectivity index (χ0v) is 15.1. The Kier molecular flexibility index (Phi) is 5.47. The molecule has 0 atom stereocenters. The summed E-state index contributed by atoms with van der Waals surface area (Å²) in [5, 5.41) is 2.07. The molecule has 126 valence electrons. The minimum absolute atomic E-state index is 0.572. The number of hydrogen-bond acceptors (Lipinski definition) is 1. The number of nitrogens with zero attached hydrogens (tertiary/aromatic N) is 1. The van der Waals surface area contributed by atoms with E-state index in [0.29, 0.717) is 5.92 Å². The maximum atomic E-state index is 5.87. The van der Waals surface area contributed by atoms with Crippen LogP contribution in [0, 0.1) is 0 Å². The van der Waals surface area contributed by atoms with Gasteiger partial charge in [0.25, 0.3) is 0 Å². The van der Waals surface area contributed by atoms with Gasteiger partial charge in [-0.05, 0) is 72.2 Å². The number of fused-ring (bicyclic) bond motifs is 1. The van der Waals surface area contributed by atoms with Crippen LogP contribution in [-0.4, -0.2) is 11.2 Å². The van der Waals surface area contributed by atoms with E-state index in [9.17, 15) is 0 Å². The van der Waals surface area contributed by atoms with E-state index in [0.717, 1.165) is 36.8 Å². The Morgan fingerprint density at radius 3 is 2.54 bits per heavy atom. The molecule has 0 saturated heterocycles. The first-order chi connectivity index (χ1) is 11.6. The number of ether oxygens (including phenoxy) is 1. The largest absolute Gasteiger partial charge is 0.494 e. The summed E-state index contributed by atoms with van der Waals surface area (Å²) in [6, 6.07) is 16.5. The highest BCUT2D eigenvalue weighted by Gasteiger charge is 2.04. The average molecular weight is 342 g/mol. The normalized spacial score (nSPS) is 11.3. The topological polar surface area (TPSA) is 14.2 Å². The fourth-order valence-corrected chi connectivity index (χ4v) is 3.00. The van der Waals surface area contributed by atoms with Crippen molar-refractivity contribution < 1.29 is 4.74 Å². The van der Waals surface area contributed by atoms with Crippen molar-refractivity contribution in [3.05, 3.63) is 65.3 Å². The monoisotopic (exact) mass is 341 g/mol. The van der Waals surface area contributed by atoms with Crippen LogP contribution >= 0.6 is 11.6 Å². The molecule has 0 unspecified atom stereocenters. The highest BCUT2D eigenvalue weighted by Crippen LogP contribution is 2.23. The van der Waals surface area contributed by atoms with Gasteiger partial charge in [0.1, 0.15) is 5.75 Å². The highest BCUT2D eigenvalue weighted by atomic mass is 35.5. The van der Waals surface area contributed by atoms with Crippen LogP contribution in [0.2, 0.25) is 5.02 Å². The molecule has 0 amide bonds. The Morgan fingerprint density at radius 2 is 1.79 bits per heavy atom. The molecule has 3 rings (SSSR count). The molecule has 3 aromatic rings. The van der Waals surface area contributed by atoms with Gasteiger partial charge in [-0.15, -0.1) is 0 Å². The Balaban J connectivity index is 1.50. The van der Waals surface area contributed by atoms with Crippen LogP contribution in [-0.2, 0) is 6.54 Å². The zero-order valence-electron chi connectivity index (χ0n) is 14.3. The van der Waals surface area contributed by atoms with E-state index in [-0.39, 0.29) is 0 Å². The van der Waals surface area contributed by atoms with Crippen LogP contribution in [0.1, 0.15) is 38.2 Å². The lowest BCUT2D eigenvalue weighted by atomic mass is 10.0. The van der Waals surface area contributed by atoms with E-state index >= 15 is 0 Å². The first kappa shape index (κ1) is 16.9. The second kappa shape index (κ2) is 7.76. The molecule has 2 aromatic carbocycles. The van der Waals surface area contributed by atoms with Crippen molar-refractivity contribution in [3.8, 4) is 5.75 Å². The van der Waals surface area contributed by atoms with Crippen LogP contribution in [0.25, 0.3) is 10.9 Å². The van der Waals surface area contributed by atoms with Gasteiger partial charge < -0.3 is 9.30 Å². The summed E-state index contributed by atoms with van der Waals surface area (Å²) < 4.78 is 8.08. The van der Waals surface area contributed by atoms with E-state index in [1.54, 1.807) is 0 Å². The molecule has 0 aliphatic carbocycles. The van der Waals surface area contributed by atoms with E-state index in [2.05, 4.69) is 48.9 Å². The van der Waals surface area contributed by atoms with E-state index in [1.165, 1.54) is 16.5 Å². The third kappa shape index (κ3) is 4.12. The van der Waals surface area contributed by atoms with Gasteiger partial charge in [-0.3, -0.25) is 0 Å². The van der Waals surface area contributed by atoms with Crippen molar-refractivity contribution in [3.63, 3.8) is 0 Å². The van der Waals surface area contributed by atoms with Gasteiger partial charge in [0.05, 0.1) is 6.61 Å². The van der Waals surface area contributed by atoms with Crippen LogP contribution < -0.4 is 4.74 Å². The Morgan fingerprint density at radius 1 is 1.00 bits per heavy atom. The molecule has 0 bridgehead atoms. The fourth-order valence-electron chi connectivity index (χ4n) is 2.88. The van der Waals surface area contributed by atoms with Gasteiger partial charge in [-0.25, -0.2) is 0 Å². The van der Waals surface area contributed by atoms with Crippen molar-refractivity contribution in [1.82, 2.24) is 4.57 Å². The average Bonchev–Trinajstić information content (AvgIpc) is 2.98. The van der Waals surface area contributed by atoms with Crippen LogP contribution in [0.5, 0.6) is 5.75 Å². The molecular weight excluding hydrogens is 318 g/mol. The summed E-state index contributed by atoms with van der Waals surface area (Å²) in [5.41, 5.74) is 2.72. The molecular formula is C21H24ClNO. The SMILES string of the molecule is CC(C)c1ccc2c(ccn2CCCCOc2ccc(Cl)cc2)c1. The first-order valence-corrected chi connectivity index (χ1v) is 8.98. The number of aryl methyl sites for hydroxylation is 1. The van der Waals surface area contributed by atoms with Gasteiger partial charge >= 0.3 is 0 Å². The maximum Gasteiger partial charge on any atom is 0.119 e. The van der Waals surface area contributed by atoms with Gasteiger partial charge in [-0.2, -0.15) is 0 Å². The molecule has 0 fully saturated rings. The lowest BCUT2D eigenvalue weighted by Crippen LogP contribution is -2.01. The zero-order chi connectivity index (χ0) is 16.9. The van der Waals surface area contributed by atoms with Crippen molar-refractivity contribution >= 4 is 22.5 Å². The van der Waals surface area contributed by atoms with Gasteiger partial charge in [-0.1, -0.05) is 31.5 Å². The van der Waals surface area contributed by atoms with E-state index in [1.807, 2.05) is 24.3 Å². The van der Waals surface area contributed by atoms with Crippen molar-refractivity contribution in [2.75, 3.05) is 6.61 Å². The summed E-state index contributed by atoms with van der Waals surface area (Å²) in [6.07, 6.45) is 4.32. The summed E-state index contributed by atoms with van der Waals surface area (Å²) in [4.78, 5) is 0.